The molecule has 0 bridgehead atoms. The zero-order chi connectivity index (χ0) is 52.0. The van der Waals surface area contributed by atoms with Gasteiger partial charge in [0.05, 0.1) is 34.4 Å². The molecular weight excluding hydrogens is 887 g/mol. The molecule has 0 aliphatic heterocycles. The standard InChI is InChI=1S/C62H99NO8/c1-6-8-10-12-14-16-18-20-22-23-24-25-26-27-28-29-30-31-32-33-34-35-36-37-39-41-43-45-47-49-51-53-60(65)71-58(57-70-62(61(66)67)68-55-54-63(3,4)5)56-69-59(64)52-50-48-46-44-42-40-38-21-19-17-15-13-11-9-7-2/h8-11,14-17,20-22,24-25,27-28,30-31,33-34,36-38,58,62H,6-7,12-13,18-19,23,26,29,32,35,39-57H2,1-5H3/p+1/b10-8-,11-9-,16-14-,17-15-,22-20-,25-24-,28-27-,31-30-,34-33-,37-36-,38-21-. The van der Waals surface area contributed by atoms with Crippen molar-refractivity contribution < 1.29 is 42.9 Å². The molecular formula is C62H100NO8+. The molecule has 0 radical (unpaired) electrons. The molecule has 0 rings (SSSR count). The van der Waals surface area contributed by atoms with Crippen molar-refractivity contribution in [3.05, 3.63) is 134 Å². The number of nitrogens with zero attached hydrogens (tertiary/aromatic N) is 1. The Morgan fingerprint density at radius 3 is 1.13 bits per heavy atom. The number of quaternary nitrogens is 1. The average Bonchev–Trinajstić information content (AvgIpc) is 3.34. The summed E-state index contributed by atoms with van der Waals surface area (Å²) in [6.45, 7) is 4.58. The summed E-state index contributed by atoms with van der Waals surface area (Å²) in [6, 6.07) is 0. The van der Waals surface area contributed by atoms with E-state index in [1.165, 1.54) is 0 Å². The molecule has 1 N–H and O–H groups in total. The summed E-state index contributed by atoms with van der Waals surface area (Å²) >= 11 is 0. The van der Waals surface area contributed by atoms with Crippen molar-refractivity contribution in [1.29, 1.82) is 0 Å². The van der Waals surface area contributed by atoms with E-state index in [1.807, 2.05) is 21.1 Å². The van der Waals surface area contributed by atoms with Crippen molar-refractivity contribution >= 4 is 17.9 Å². The molecule has 0 aliphatic rings. The third kappa shape index (κ3) is 53.1. The maximum Gasteiger partial charge on any atom is 0.361 e. The molecule has 0 aliphatic carbocycles. The molecule has 0 amide bonds. The van der Waals surface area contributed by atoms with Crippen molar-refractivity contribution in [2.24, 2.45) is 0 Å². The lowest BCUT2D eigenvalue weighted by atomic mass is 10.1. The van der Waals surface area contributed by atoms with Gasteiger partial charge in [0.25, 0.3) is 6.29 Å². The summed E-state index contributed by atoms with van der Waals surface area (Å²) in [5.74, 6) is -2.07. The highest BCUT2D eigenvalue weighted by atomic mass is 16.7. The zero-order valence-corrected chi connectivity index (χ0v) is 45.3. The lowest BCUT2D eigenvalue weighted by Crippen LogP contribution is -2.40. The summed E-state index contributed by atoms with van der Waals surface area (Å²) in [5.41, 5.74) is 0. The smallest absolute Gasteiger partial charge is 0.361 e. The first-order chi connectivity index (χ1) is 34.6. The number of ether oxygens (including phenoxy) is 4. The molecule has 0 aromatic rings. The number of likely N-dealkylation sites (N-methyl/N-ethyl adjacent to an activating group) is 1. The van der Waals surface area contributed by atoms with Crippen LogP contribution in [-0.2, 0) is 33.3 Å². The second-order valence-corrected chi connectivity index (χ2v) is 18.8. The minimum atomic E-state index is -1.53. The zero-order valence-electron chi connectivity index (χ0n) is 45.3. The molecule has 0 heterocycles. The third-order valence-corrected chi connectivity index (χ3v) is 10.9. The van der Waals surface area contributed by atoms with Crippen molar-refractivity contribution in [3.8, 4) is 0 Å². The number of hydrogen-bond donors (Lipinski definition) is 1. The number of esters is 2. The third-order valence-electron chi connectivity index (χ3n) is 10.9. The summed E-state index contributed by atoms with van der Waals surface area (Å²) in [6.07, 6.45) is 70.9. The number of aliphatic carboxylic acids is 1. The van der Waals surface area contributed by atoms with Crippen LogP contribution in [0.25, 0.3) is 0 Å². The summed E-state index contributed by atoms with van der Waals surface area (Å²) in [4.78, 5) is 37.3. The van der Waals surface area contributed by atoms with Crippen LogP contribution in [0, 0.1) is 0 Å². The van der Waals surface area contributed by atoms with E-state index in [9.17, 15) is 19.5 Å². The largest absolute Gasteiger partial charge is 0.477 e. The first-order valence-corrected chi connectivity index (χ1v) is 27.3. The van der Waals surface area contributed by atoms with Crippen LogP contribution >= 0.6 is 0 Å². The van der Waals surface area contributed by atoms with E-state index in [0.717, 1.165) is 148 Å². The fourth-order valence-corrected chi connectivity index (χ4v) is 6.75. The molecule has 0 aromatic carbocycles. The molecule has 0 fully saturated rings. The molecule has 9 nitrogen and oxygen atoms in total. The molecule has 71 heavy (non-hydrogen) atoms. The van der Waals surface area contributed by atoms with Crippen LogP contribution in [-0.4, -0.2) is 87.4 Å². The highest BCUT2D eigenvalue weighted by Gasteiger charge is 2.25. The summed E-state index contributed by atoms with van der Waals surface area (Å²) in [7, 11) is 5.94. The van der Waals surface area contributed by atoms with E-state index in [1.54, 1.807) is 0 Å². The fraction of sp³-hybridized carbons (Fsp3) is 0.597. The second kappa shape index (κ2) is 51.8. The van der Waals surface area contributed by atoms with Gasteiger partial charge in [-0.15, -0.1) is 0 Å². The Balaban J connectivity index is 4.34. The first-order valence-electron chi connectivity index (χ1n) is 27.3. The Bertz CT molecular complexity index is 1620. The van der Waals surface area contributed by atoms with E-state index < -0.39 is 24.3 Å². The molecule has 0 spiro atoms. The molecule has 0 aromatic heterocycles. The Labute approximate surface area is 433 Å². The highest BCUT2D eigenvalue weighted by molar-refractivity contribution is 5.71. The van der Waals surface area contributed by atoms with Gasteiger partial charge in [0.15, 0.2) is 6.10 Å². The number of allylic oxidation sites excluding steroid dienone is 22. The van der Waals surface area contributed by atoms with E-state index in [2.05, 4.69) is 148 Å². The Morgan fingerprint density at radius 2 is 0.761 bits per heavy atom. The average molecular weight is 987 g/mol. The summed E-state index contributed by atoms with van der Waals surface area (Å²) < 4.78 is 22.8. The molecule has 400 valence electrons. The van der Waals surface area contributed by atoms with Crippen LogP contribution in [0.2, 0.25) is 0 Å². The van der Waals surface area contributed by atoms with Crippen LogP contribution in [0.4, 0.5) is 0 Å². The van der Waals surface area contributed by atoms with Gasteiger partial charge < -0.3 is 28.5 Å². The Morgan fingerprint density at radius 1 is 0.423 bits per heavy atom. The number of carbonyl (C=O) groups excluding carboxylic acids is 2. The molecule has 0 saturated carbocycles. The van der Waals surface area contributed by atoms with Crippen molar-refractivity contribution in [3.63, 3.8) is 0 Å². The monoisotopic (exact) mass is 987 g/mol. The lowest BCUT2D eigenvalue weighted by Gasteiger charge is -2.25. The molecule has 0 saturated heterocycles. The van der Waals surface area contributed by atoms with Crippen molar-refractivity contribution in [2.75, 3.05) is 47.5 Å². The SMILES string of the molecule is CC/C=C\C/C=C\C/C=C\C/C=C\C/C=C\C/C=C\C/C=C\C/C=C\CCCCCCCCC(=O)OC(COC(=O)CCCCCCC/C=C\C/C=C\C/C=C\CC)COC(OCC[N+](C)(C)C)C(=O)O. The number of carboxylic acids is 1. The molecule has 2 atom stereocenters. The van der Waals surface area contributed by atoms with Gasteiger partial charge in [-0.1, -0.05) is 192 Å². The van der Waals surface area contributed by atoms with Gasteiger partial charge in [-0.2, -0.15) is 0 Å². The van der Waals surface area contributed by atoms with Gasteiger partial charge in [-0.3, -0.25) is 9.59 Å². The minimum absolute atomic E-state index is 0.173. The second-order valence-electron chi connectivity index (χ2n) is 18.8. The van der Waals surface area contributed by atoms with E-state index >= 15 is 0 Å². The number of unbranched alkanes of at least 4 members (excludes halogenated alkanes) is 11. The number of carbonyl (C=O) groups is 3. The maximum atomic E-state index is 12.8. The van der Waals surface area contributed by atoms with E-state index in [4.69, 9.17) is 18.9 Å². The van der Waals surface area contributed by atoms with Crippen LogP contribution in [0.15, 0.2) is 134 Å². The minimum Gasteiger partial charge on any atom is -0.477 e. The van der Waals surface area contributed by atoms with Gasteiger partial charge in [0.1, 0.15) is 13.2 Å². The van der Waals surface area contributed by atoms with Gasteiger partial charge >= 0.3 is 17.9 Å². The van der Waals surface area contributed by atoms with Gasteiger partial charge in [0, 0.05) is 12.8 Å². The number of hydrogen-bond acceptors (Lipinski definition) is 7. The quantitative estimate of drug-likeness (QED) is 0.0211. The van der Waals surface area contributed by atoms with Crippen LogP contribution in [0.3, 0.4) is 0 Å². The van der Waals surface area contributed by atoms with Gasteiger partial charge in [-0.05, 0) is 109 Å². The van der Waals surface area contributed by atoms with Crippen molar-refractivity contribution in [2.45, 2.75) is 193 Å². The topological polar surface area (TPSA) is 108 Å². The lowest BCUT2D eigenvalue weighted by molar-refractivity contribution is -0.870. The van der Waals surface area contributed by atoms with E-state index in [-0.39, 0.29) is 38.6 Å². The Hall–Kier alpha value is -4.57. The van der Waals surface area contributed by atoms with Crippen LogP contribution < -0.4 is 0 Å². The first kappa shape index (κ1) is 66.4. The van der Waals surface area contributed by atoms with Gasteiger partial charge in [-0.25, -0.2) is 4.79 Å². The summed E-state index contributed by atoms with van der Waals surface area (Å²) in [5, 5.41) is 9.68. The molecule has 9 heteroatoms. The number of rotatable bonds is 48. The normalized spacial score (nSPS) is 13.9. The predicted octanol–water partition coefficient (Wildman–Crippen LogP) is 15.9. The van der Waals surface area contributed by atoms with Crippen LogP contribution in [0.1, 0.15) is 181 Å². The van der Waals surface area contributed by atoms with Gasteiger partial charge in [0.2, 0.25) is 0 Å². The highest BCUT2D eigenvalue weighted by Crippen LogP contribution is 2.13. The predicted molar refractivity (Wildman–Crippen MR) is 299 cm³/mol. The maximum absolute atomic E-state index is 12.8. The van der Waals surface area contributed by atoms with Crippen molar-refractivity contribution in [1.82, 2.24) is 0 Å². The Kier molecular flexibility index (Phi) is 48.4. The fourth-order valence-electron chi connectivity index (χ4n) is 6.75. The number of carboxylic acid groups (broad SMARTS) is 1. The molecule has 2 unspecified atom stereocenters. The van der Waals surface area contributed by atoms with Crippen LogP contribution in [0.5, 0.6) is 0 Å². The van der Waals surface area contributed by atoms with E-state index in [0.29, 0.717) is 17.4 Å².